The molecule has 1 saturated carbocycles. The third kappa shape index (κ3) is 2.75. The minimum atomic E-state index is -0.372. The molecule has 2 aliphatic rings. The molecule has 1 aliphatic heterocycles. The summed E-state index contributed by atoms with van der Waals surface area (Å²) in [5.74, 6) is 0. The van der Waals surface area contributed by atoms with E-state index in [1.165, 1.54) is 6.42 Å². The Morgan fingerprint density at radius 3 is 2.43 bits per heavy atom. The molecule has 23 heavy (non-hydrogen) atoms. The van der Waals surface area contributed by atoms with E-state index >= 15 is 0 Å². The molecule has 0 amide bonds. The third-order valence-corrected chi connectivity index (χ3v) is 4.91. The highest BCUT2D eigenvalue weighted by Gasteiger charge is 2.43. The Morgan fingerprint density at radius 2 is 1.87 bits per heavy atom. The van der Waals surface area contributed by atoms with E-state index in [0.29, 0.717) is 6.61 Å². The van der Waals surface area contributed by atoms with Crippen molar-refractivity contribution in [3.05, 3.63) is 70.3 Å². The van der Waals surface area contributed by atoms with Crippen LogP contribution in [0.4, 0.5) is 5.69 Å². The van der Waals surface area contributed by atoms with Crippen molar-refractivity contribution < 1.29 is 9.66 Å². The molecule has 4 heteroatoms. The Hall–Kier alpha value is -2.20. The average molecular weight is 311 g/mol. The molecule has 4 nitrogen and oxygen atoms in total. The van der Waals surface area contributed by atoms with Crippen LogP contribution >= 0.6 is 0 Å². The van der Waals surface area contributed by atoms with Crippen molar-refractivity contribution in [2.75, 3.05) is 6.61 Å². The van der Waals surface area contributed by atoms with Gasteiger partial charge in [-0.25, -0.2) is 0 Å². The Bertz CT molecular complexity index is 679. The fraction of sp³-hybridized carbons (Fsp3) is 0.368. The third-order valence-electron chi connectivity index (χ3n) is 4.91. The number of rotatable bonds is 4. The van der Waals surface area contributed by atoms with Crippen LogP contribution in [0, 0.1) is 10.1 Å². The number of nitrogens with zero attached hydrogens (tertiary/aromatic N) is 1. The first-order valence-corrected chi connectivity index (χ1v) is 8.01. The number of hydrogen-bond acceptors (Lipinski definition) is 3. The average Bonchev–Trinajstić information content (AvgIpc) is 2.93. The summed E-state index contributed by atoms with van der Waals surface area (Å²) in [6.07, 6.45) is 7.26. The van der Waals surface area contributed by atoms with Gasteiger partial charge in [0.15, 0.2) is 0 Å². The Kier molecular flexibility index (Phi) is 4.18. The van der Waals surface area contributed by atoms with Gasteiger partial charge in [0.2, 0.25) is 0 Å². The van der Waals surface area contributed by atoms with Crippen LogP contribution < -0.4 is 0 Å². The molecule has 3 rings (SSSR count). The predicted octanol–water partition coefficient (Wildman–Crippen LogP) is 4.82. The van der Waals surface area contributed by atoms with E-state index in [1.807, 2.05) is 12.1 Å². The molecule has 0 radical (unpaired) electrons. The molecule has 120 valence electrons. The van der Waals surface area contributed by atoms with E-state index in [-0.39, 0.29) is 16.2 Å². The Labute approximate surface area is 136 Å². The molecule has 1 aliphatic carbocycles. The van der Waals surface area contributed by atoms with Gasteiger partial charge in [-0.15, -0.1) is 0 Å². The molecule has 1 heterocycles. The monoisotopic (exact) mass is 311 g/mol. The Balaban J connectivity index is 2.09. The number of allylic oxidation sites excluding steroid dienone is 1. The second-order valence-electron chi connectivity index (χ2n) is 6.23. The molecule has 0 atom stereocenters. The maximum absolute atomic E-state index is 10.9. The van der Waals surface area contributed by atoms with Crippen LogP contribution in [-0.2, 0) is 4.74 Å². The molecule has 1 aromatic carbocycles. The molecule has 0 N–H and O–H groups in total. The summed E-state index contributed by atoms with van der Waals surface area (Å²) in [6.45, 7) is 8.46. The second kappa shape index (κ2) is 6.13. The highest BCUT2D eigenvalue weighted by Crippen LogP contribution is 2.49. The number of nitro groups is 1. The first-order valence-electron chi connectivity index (χ1n) is 8.01. The quantitative estimate of drug-likeness (QED) is 0.455. The first kappa shape index (κ1) is 15.7. The van der Waals surface area contributed by atoms with Crippen LogP contribution in [0.15, 0.2) is 54.6 Å². The van der Waals surface area contributed by atoms with Crippen LogP contribution in [0.5, 0.6) is 0 Å². The highest BCUT2D eigenvalue weighted by atomic mass is 16.6. The Morgan fingerprint density at radius 1 is 1.22 bits per heavy atom. The van der Waals surface area contributed by atoms with Gasteiger partial charge in [0, 0.05) is 12.1 Å². The van der Waals surface area contributed by atoms with Crippen LogP contribution in [0.2, 0.25) is 0 Å². The van der Waals surface area contributed by atoms with Crippen LogP contribution in [0.1, 0.15) is 37.7 Å². The van der Waals surface area contributed by atoms with Gasteiger partial charge in [0.05, 0.1) is 17.1 Å². The molecule has 1 fully saturated rings. The van der Waals surface area contributed by atoms with Gasteiger partial charge in [-0.05, 0) is 47.3 Å². The van der Waals surface area contributed by atoms with E-state index in [1.54, 1.807) is 18.2 Å². The van der Waals surface area contributed by atoms with E-state index in [0.717, 1.165) is 48.0 Å². The minimum Gasteiger partial charge on any atom is -0.366 e. The number of ether oxygens (including phenoxy) is 1. The lowest BCUT2D eigenvalue weighted by molar-refractivity contribution is -0.384. The van der Waals surface area contributed by atoms with Gasteiger partial charge in [0.25, 0.3) is 5.69 Å². The summed E-state index contributed by atoms with van der Waals surface area (Å²) < 4.78 is 6.25. The number of hydrogen-bond donors (Lipinski definition) is 0. The summed E-state index contributed by atoms with van der Waals surface area (Å²) in [5.41, 5.74) is 3.94. The van der Waals surface area contributed by atoms with Crippen molar-refractivity contribution in [3.8, 4) is 0 Å². The van der Waals surface area contributed by atoms with Crippen molar-refractivity contribution in [3.63, 3.8) is 0 Å². The SMILES string of the molecule is C=CC(=C)C1=C(c2ccc([N+](=O)[O-])cc2)C2(CCCCC2)OC1. The molecule has 0 unspecified atom stereocenters. The van der Waals surface area contributed by atoms with Crippen molar-refractivity contribution in [1.29, 1.82) is 0 Å². The molecular weight excluding hydrogens is 290 g/mol. The fourth-order valence-corrected chi connectivity index (χ4v) is 3.71. The summed E-state index contributed by atoms with van der Waals surface area (Å²) in [6, 6.07) is 6.78. The van der Waals surface area contributed by atoms with E-state index in [9.17, 15) is 10.1 Å². The van der Waals surface area contributed by atoms with Crippen molar-refractivity contribution in [1.82, 2.24) is 0 Å². The normalized spacial score (nSPS) is 19.8. The molecule has 1 spiro atoms. The summed E-state index contributed by atoms with van der Waals surface area (Å²) in [4.78, 5) is 10.5. The van der Waals surface area contributed by atoms with Crippen molar-refractivity contribution in [2.45, 2.75) is 37.7 Å². The van der Waals surface area contributed by atoms with Gasteiger partial charge in [0.1, 0.15) is 0 Å². The lowest BCUT2D eigenvalue weighted by Crippen LogP contribution is -2.33. The zero-order valence-corrected chi connectivity index (χ0v) is 13.2. The molecule has 0 aromatic heterocycles. The lowest BCUT2D eigenvalue weighted by Gasteiger charge is -2.35. The number of nitro benzene ring substituents is 1. The number of benzene rings is 1. The van der Waals surface area contributed by atoms with Gasteiger partial charge in [-0.2, -0.15) is 0 Å². The maximum Gasteiger partial charge on any atom is 0.269 e. The van der Waals surface area contributed by atoms with E-state index in [4.69, 9.17) is 4.74 Å². The number of non-ortho nitro benzene ring substituents is 1. The van der Waals surface area contributed by atoms with Crippen LogP contribution in [0.25, 0.3) is 5.57 Å². The standard InChI is InChI=1S/C19H21NO3/c1-3-14(2)17-13-23-19(11-5-4-6-12-19)18(17)15-7-9-16(10-8-15)20(21)22/h3,7-10H,1-2,4-6,11-13H2. The van der Waals surface area contributed by atoms with Crippen LogP contribution in [0.3, 0.4) is 0 Å². The lowest BCUT2D eigenvalue weighted by atomic mass is 9.75. The fourth-order valence-electron chi connectivity index (χ4n) is 3.71. The maximum atomic E-state index is 10.9. The second-order valence-corrected chi connectivity index (χ2v) is 6.23. The minimum absolute atomic E-state index is 0.107. The molecule has 0 bridgehead atoms. The molecule has 0 saturated heterocycles. The molecule has 1 aromatic rings. The summed E-state index contributed by atoms with van der Waals surface area (Å²) >= 11 is 0. The van der Waals surface area contributed by atoms with Gasteiger partial charge < -0.3 is 4.74 Å². The summed E-state index contributed by atoms with van der Waals surface area (Å²) in [7, 11) is 0. The van der Waals surface area contributed by atoms with Crippen molar-refractivity contribution >= 4 is 11.3 Å². The zero-order chi connectivity index (χ0) is 16.4. The smallest absolute Gasteiger partial charge is 0.269 e. The molecular formula is C19H21NO3. The van der Waals surface area contributed by atoms with Gasteiger partial charge in [-0.1, -0.05) is 38.5 Å². The zero-order valence-electron chi connectivity index (χ0n) is 13.2. The van der Waals surface area contributed by atoms with Gasteiger partial charge >= 0.3 is 0 Å². The largest absolute Gasteiger partial charge is 0.366 e. The van der Waals surface area contributed by atoms with E-state index in [2.05, 4.69) is 13.2 Å². The predicted molar refractivity (Wildman–Crippen MR) is 91.1 cm³/mol. The topological polar surface area (TPSA) is 52.4 Å². The van der Waals surface area contributed by atoms with Crippen molar-refractivity contribution in [2.24, 2.45) is 0 Å². The van der Waals surface area contributed by atoms with Gasteiger partial charge in [-0.3, -0.25) is 10.1 Å². The van der Waals surface area contributed by atoms with E-state index < -0.39 is 0 Å². The first-order chi connectivity index (χ1) is 11.1. The van der Waals surface area contributed by atoms with Crippen LogP contribution in [-0.4, -0.2) is 17.1 Å². The summed E-state index contributed by atoms with van der Waals surface area (Å²) in [5, 5.41) is 10.9. The highest BCUT2D eigenvalue weighted by molar-refractivity contribution is 5.81.